The van der Waals surface area contributed by atoms with Crippen molar-refractivity contribution in [2.75, 3.05) is 13.1 Å². The van der Waals surface area contributed by atoms with Crippen molar-refractivity contribution in [3.05, 3.63) is 70.5 Å². The van der Waals surface area contributed by atoms with Gasteiger partial charge >= 0.3 is 0 Å². The van der Waals surface area contributed by atoms with Crippen LogP contribution in [-0.2, 0) is 0 Å². The second-order valence-corrected chi connectivity index (χ2v) is 8.38. The third-order valence-electron chi connectivity index (χ3n) is 5.89. The summed E-state index contributed by atoms with van der Waals surface area (Å²) in [5, 5.41) is 2.95. The van der Waals surface area contributed by atoms with Gasteiger partial charge < -0.3 is 10.2 Å². The Morgan fingerprint density at radius 2 is 1.66 bits per heavy atom. The molecule has 1 fully saturated rings. The molecule has 2 aromatic carbocycles. The zero-order valence-electron chi connectivity index (χ0n) is 17.9. The zero-order chi connectivity index (χ0) is 23.0. The average Bonchev–Trinajstić information content (AvgIpc) is 3.03. The maximum Gasteiger partial charge on any atom is 0.261 e. The van der Waals surface area contributed by atoms with Crippen LogP contribution < -0.4 is 5.32 Å². The van der Waals surface area contributed by atoms with Gasteiger partial charge in [0.25, 0.3) is 23.6 Å². The van der Waals surface area contributed by atoms with E-state index < -0.39 is 5.82 Å². The summed E-state index contributed by atoms with van der Waals surface area (Å²) in [4.78, 5) is 53.1. The Morgan fingerprint density at radius 1 is 0.969 bits per heavy atom. The molecule has 1 N–H and O–H groups in total. The number of nitrogens with zero attached hydrogens (tertiary/aromatic N) is 2. The molecule has 0 aliphatic carbocycles. The summed E-state index contributed by atoms with van der Waals surface area (Å²) < 4.78 is 13.4. The van der Waals surface area contributed by atoms with Gasteiger partial charge in [0.05, 0.1) is 11.1 Å². The highest BCUT2D eigenvalue weighted by Crippen LogP contribution is 2.26. The summed E-state index contributed by atoms with van der Waals surface area (Å²) in [5.74, 6) is -1.75. The third-order valence-corrected chi connectivity index (χ3v) is 5.89. The van der Waals surface area contributed by atoms with Gasteiger partial charge in [-0.15, -0.1) is 0 Å². The molecule has 2 aliphatic rings. The Hall–Kier alpha value is -3.55. The van der Waals surface area contributed by atoms with Crippen molar-refractivity contribution in [1.29, 1.82) is 0 Å². The summed E-state index contributed by atoms with van der Waals surface area (Å²) in [6.45, 7) is 4.42. The van der Waals surface area contributed by atoms with Gasteiger partial charge in [0.2, 0.25) is 0 Å². The highest BCUT2D eigenvalue weighted by atomic mass is 19.1. The molecule has 2 aromatic rings. The van der Waals surface area contributed by atoms with Gasteiger partial charge in [0, 0.05) is 36.3 Å². The lowest BCUT2D eigenvalue weighted by Gasteiger charge is -2.32. The van der Waals surface area contributed by atoms with Crippen LogP contribution in [0.25, 0.3) is 0 Å². The number of hydrogen-bond acceptors (Lipinski definition) is 4. The zero-order valence-corrected chi connectivity index (χ0v) is 17.9. The minimum absolute atomic E-state index is 0.128. The predicted octanol–water partition coefficient (Wildman–Crippen LogP) is 2.86. The molecule has 0 bridgehead atoms. The molecule has 0 unspecified atom stereocenters. The summed E-state index contributed by atoms with van der Waals surface area (Å²) >= 11 is 0. The fraction of sp³-hybridized carbons (Fsp3) is 0.333. The van der Waals surface area contributed by atoms with Crippen LogP contribution in [0, 0.1) is 5.82 Å². The van der Waals surface area contributed by atoms with E-state index in [0.717, 1.165) is 0 Å². The molecule has 4 rings (SSSR count). The molecule has 32 heavy (non-hydrogen) atoms. The summed E-state index contributed by atoms with van der Waals surface area (Å²) in [6.07, 6.45) is 1.13. The molecule has 0 spiro atoms. The quantitative estimate of drug-likeness (QED) is 0.746. The molecular weight excluding hydrogens is 413 g/mol. The van der Waals surface area contributed by atoms with Crippen molar-refractivity contribution in [3.63, 3.8) is 0 Å². The van der Waals surface area contributed by atoms with E-state index in [1.165, 1.54) is 35.2 Å². The second kappa shape index (κ2) is 8.53. The van der Waals surface area contributed by atoms with Gasteiger partial charge in [-0.2, -0.15) is 0 Å². The van der Waals surface area contributed by atoms with Crippen LogP contribution in [0.15, 0.2) is 42.5 Å². The molecule has 0 atom stereocenters. The molecule has 166 valence electrons. The van der Waals surface area contributed by atoms with Gasteiger partial charge in [-0.1, -0.05) is 6.07 Å². The maximum atomic E-state index is 13.4. The van der Waals surface area contributed by atoms with Crippen molar-refractivity contribution in [2.45, 2.75) is 38.8 Å². The Bertz CT molecular complexity index is 1110. The Labute approximate surface area is 185 Å². The molecule has 1 saturated heterocycles. The van der Waals surface area contributed by atoms with E-state index >= 15 is 0 Å². The van der Waals surface area contributed by atoms with E-state index in [0.29, 0.717) is 42.6 Å². The predicted molar refractivity (Wildman–Crippen MR) is 115 cm³/mol. The standard InChI is InChI=1S/C24H24FN3O4/c1-14(2)28-23(31)19-7-6-15(13-20(19)24(28)32)21(29)26-18-8-10-27(11-9-18)22(30)16-4-3-5-17(25)12-16/h3-7,12-14,18H,8-11H2,1-2H3,(H,26,29). The Balaban J connectivity index is 1.38. The van der Waals surface area contributed by atoms with Crippen molar-refractivity contribution in [2.24, 2.45) is 0 Å². The van der Waals surface area contributed by atoms with E-state index in [4.69, 9.17) is 0 Å². The number of carbonyl (C=O) groups excluding carboxylic acids is 4. The second-order valence-electron chi connectivity index (χ2n) is 8.38. The molecule has 0 radical (unpaired) electrons. The molecule has 0 aromatic heterocycles. The molecule has 0 saturated carbocycles. The summed E-state index contributed by atoms with van der Waals surface area (Å²) in [5.41, 5.74) is 1.17. The molecule has 7 nitrogen and oxygen atoms in total. The number of halogens is 1. The van der Waals surface area contributed by atoms with Crippen LogP contribution in [0.1, 0.15) is 68.1 Å². The lowest BCUT2D eigenvalue weighted by atomic mass is 10.0. The minimum Gasteiger partial charge on any atom is -0.349 e. The smallest absolute Gasteiger partial charge is 0.261 e. The summed E-state index contributed by atoms with van der Waals surface area (Å²) in [7, 11) is 0. The van der Waals surface area contributed by atoms with E-state index in [1.807, 2.05) is 0 Å². The molecule has 2 heterocycles. The number of piperidine rings is 1. The first-order chi connectivity index (χ1) is 15.3. The van der Waals surface area contributed by atoms with Crippen molar-refractivity contribution in [1.82, 2.24) is 15.1 Å². The maximum absolute atomic E-state index is 13.4. The number of rotatable bonds is 4. The Kier molecular flexibility index (Phi) is 5.78. The fourth-order valence-corrected chi connectivity index (χ4v) is 4.17. The average molecular weight is 437 g/mol. The van der Waals surface area contributed by atoms with Gasteiger partial charge in [0.1, 0.15) is 5.82 Å². The van der Waals surface area contributed by atoms with Crippen LogP contribution in [0.4, 0.5) is 4.39 Å². The molecular formula is C24H24FN3O4. The van der Waals surface area contributed by atoms with Crippen LogP contribution in [0.3, 0.4) is 0 Å². The number of imide groups is 1. The molecule has 8 heteroatoms. The first-order valence-corrected chi connectivity index (χ1v) is 10.6. The molecule has 2 aliphatic heterocycles. The lowest BCUT2D eigenvalue weighted by Crippen LogP contribution is -2.46. The van der Waals surface area contributed by atoms with Crippen molar-refractivity contribution in [3.8, 4) is 0 Å². The van der Waals surface area contributed by atoms with Gasteiger partial charge in [-0.25, -0.2) is 4.39 Å². The van der Waals surface area contributed by atoms with Crippen LogP contribution >= 0.6 is 0 Å². The third kappa shape index (κ3) is 4.00. The van der Waals surface area contributed by atoms with E-state index in [2.05, 4.69) is 5.32 Å². The SMILES string of the molecule is CC(C)N1C(=O)c2ccc(C(=O)NC3CCN(C(=O)c4cccc(F)c4)CC3)cc2C1=O. The number of likely N-dealkylation sites (tertiary alicyclic amines) is 1. The number of fused-ring (bicyclic) bond motifs is 1. The highest BCUT2D eigenvalue weighted by Gasteiger charge is 2.37. The van der Waals surface area contributed by atoms with Gasteiger partial charge in [-0.05, 0) is 63.1 Å². The Morgan fingerprint density at radius 3 is 2.31 bits per heavy atom. The van der Waals surface area contributed by atoms with Crippen LogP contribution in [-0.4, -0.2) is 58.6 Å². The first-order valence-electron chi connectivity index (χ1n) is 10.6. The summed E-state index contributed by atoms with van der Waals surface area (Å²) in [6, 6.07) is 9.74. The van der Waals surface area contributed by atoms with E-state index in [9.17, 15) is 23.6 Å². The number of benzene rings is 2. The largest absolute Gasteiger partial charge is 0.349 e. The number of nitrogens with one attached hydrogen (secondary N) is 1. The van der Waals surface area contributed by atoms with E-state index in [-0.39, 0.29) is 41.3 Å². The van der Waals surface area contributed by atoms with E-state index in [1.54, 1.807) is 30.9 Å². The minimum atomic E-state index is -0.455. The van der Waals surface area contributed by atoms with Gasteiger partial charge in [0.15, 0.2) is 0 Å². The van der Waals surface area contributed by atoms with Gasteiger partial charge in [-0.3, -0.25) is 24.1 Å². The highest BCUT2D eigenvalue weighted by molar-refractivity contribution is 6.22. The van der Waals surface area contributed by atoms with Crippen molar-refractivity contribution < 1.29 is 23.6 Å². The normalized spacial score (nSPS) is 16.5. The monoisotopic (exact) mass is 437 g/mol. The fourth-order valence-electron chi connectivity index (χ4n) is 4.17. The number of amides is 4. The molecule has 4 amide bonds. The first kappa shape index (κ1) is 21.7. The number of hydrogen-bond donors (Lipinski definition) is 1. The van der Waals surface area contributed by atoms with Crippen LogP contribution in [0.5, 0.6) is 0 Å². The topological polar surface area (TPSA) is 86.8 Å². The van der Waals surface area contributed by atoms with Crippen LogP contribution in [0.2, 0.25) is 0 Å². The van der Waals surface area contributed by atoms with Crippen molar-refractivity contribution >= 4 is 23.6 Å². The lowest BCUT2D eigenvalue weighted by molar-refractivity contribution is 0.0607. The number of carbonyl (C=O) groups is 4.